The van der Waals surface area contributed by atoms with Gasteiger partial charge in [0.25, 0.3) is 0 Å². The summed E-state index contributed by atoms with van der Waals surface area (Å²) in [6, 6.07) is 9.63. The zero-order valence-corrected chi connectivity index (χ0v) is 20.8. The van der Waals surface area contributed by atoms with E-state index < -0.39 is 0 Å². The lowest BCUT2D eigenvalue weighted by Gasteiger charge is -2.06. The van der Waals surface area contributed by atoms with Gasteiger partial charge in [-0.3, -0.25) is 9.59 Å². The van der Waals surface area contributed by atoms with Gasteiger partial charge in [0.15, 0.2) is 0 Å². The minimum atomic E-state index is -0.0950. The van der Waals surface area contributed by atoms with Gasteiger partial charge in [-0.15, -0.1) is 20.4 Å². The van der Waals surface area contributed by atoms with Gasteiger partial charge >= 0.3 is 0 Å². The molecule has 2 N–H and O–H groups in total. The Morgan fingerprint density at radius 1 is 0.829 bits per heavy atom. The van der Waals surface area contributed by atoms with Crippen molar-refractivity contribution in [2.75, 3.05) is 10.6 Å². The number of carbonyl (C=O) groups excluding carboxylic acids is 2. The molecule has 2 unspecified atom stereocenters. The first-order valence-electron chi connectivity index (χ1n) is 11.8. The van der Waals surface area contributed by atoms with E-state index in [1.807, 2.05) is 36.4 Å². The van der Waals surface area contributed by atoms with Crippen LogP contribution in [0.5, 0.6) is 0 Å². The van der Waals surface area contributed by atoms with E-state index in [-0.39, 0.29) is 23.7 Å². The molecule has 180 valence electrons. The SMILES string of the molecule is O=C(CC1=CCCC=C1)Nc1nnc(C2CCC(c3nnc(NC(=O)Cc4ccccc4)s3)C2)s1. The van der Waals surface area contributed by atoms with Crippen LogP contribution in [0, 0.1) is 0 Å². The molecule has 5 rings (SSSR count). The Hall–Kier alpha value is -3.24. The topological polar surface area (TPSA) is 110 Å². The maximum Gasteiger partial charge on any atom is 0.230 e. The van der Waals surface area contributed by atoms with Crippen LogP contribution < -0.4 is 10.6 Å². The van der Waals surface area contributed by atoms with Gasteiger partial charge in [0.1, 0.15) is 10.0 Å². The molecule has 1 fully saturated rings. The van der Waals surface area contributed by atoms with Crippen LogP contribution in [0.2, 0.25) is 0 Å². The number of amides is 2. The lowest BCUT2D eigenvalue weighted by Crippen LogP contribution is -2.14. The van der Waals surface area contributed by atoms with Gasteiger partial charge in [0, 0.05) is 11.8 Å². The van der Waals surface area contributed by atoms with Crippen LogP contribution in [0.15, 0.2) is 54.1 Å². The molecule has 1 aromatic carbocycles. The second kappa shape index (κ2) is 11.0. The molecule has 2 aliphatic rings. The summed E-state index contributed by atoms with van der Waals surface area (Å²) in [5.74, 6) is 0.407. The number of carbonyl (C=O) groups is 2. The average Bonchev–Trinajstić information content (AvgIpc) is 3.61. The lowest BCUT2D eigenvalue weighted by atomic mass is 10.0. The summed E-state index contributed by atoms with van der Waals surface area (Å²) < 4.78 is 0. The number of benzene rings is 1. The number of nitrogens with one attached hydrogen (secondary N) is 2. The molecule has 2 aromatic heterocycles. The van der Waals surface area contributed by atoms with Crippen molar-refractivity contribution in [3.63, 3.8) is 0 Å². The highest BCUT2D eigenvalue weighted by Crippen LogP contribution is 2.45. The summed E-state index contributed by atoms with van der Waals surface area (Å²) in [6.07, 6.45) is 11.8. The molecule has 2 aliphatic carbocycles. The van der Waals surface area contributed by atoms with E-state index in [1.165, 1.54) is 22.7 Å². The van der Waals surface area contributed by atoms with Gasteiger partial charge in [0.05, 0.1) is 12.8 Å². The van der Waals surface area contributed by atoms with E-state index in [4.69, 9.17) is 0 Å². The molecule has 2 atom stereocenters. The highest BCUT2D eigenvalue weighted by molar-refractivity contribution is 7.15. The van der Waals surface area contributed by atoms with E-state index in [1.54, 1.807) is 0 Å². The second-order valence-electron chi connectivity index (χ2n) is 8.79. The minimum absolute atomic E-state index is 0.0644. The zero-order chi connectivity index (χ0) is 24.0. The van der Waals surface area contributed by atoms with Gasteiger partial charge in [-0.25, -0.2) is 0 Å². The number of nitrogens with zero attached hydrogens (tertiary/aromatic N) is 4. The van der Waals surface area contributed by atoms with Crippen molar-refractivity contribution in [3.8, 4) is 0 Å². The molecule has 10 heteroatoms. The fourth-order valence-corrected chi connectivity index (χ4v) is 6.24. The van der Waals surface area contributed by atoms with E-state index in [0.717, 1.165) is 53.3 Å². The highest BCUT2D eigenvalue weighted by atomic mass is 32.1. The van der Waals surface area contributed by atoms with Crippen molar-refractivity contribution in [1.82, 2.24) is 20.4 Å². The Kier molecular flexibility index (Phi) is 7.39. The van der Waals surface area contributed by atoms with Crippen LogP contribution in [0.4, 0.5) is 10.3 Å². The Morgan fingerprint density at radius 2 is 1.46 bits per heavy atom. The van der Waals surface area contributed by atoms with Crippen LogP contribution in [0.1, 0.15) is 65.9 Å². The second-order valence-corrected chi connectivity index (χ2v) is 10.8. The molecule has 0 spiro atoms. The average molecular weight is 507 g/mol. The maximum absolute atomic E-state index is 12.3. The minimum Gasteiger partial charge on any atom is -0.300 e. The first-order chi connectivity index (χ1) is 17.1. The molecule has 8 nitrogen and oxygen atoms in total. The number of aromatic nitrogens is 4. The molecule has 0 radical (unpaired) electrons. The lowest BCUT2D eigenvalue weighted by molar-refractivity contribution is -0.116. The predicted octanol–water partition coefficient (Wildman–Crippen LogP) is 5.23. The van der Waals surface area contributed by atoms with E-state index in [9.17, 15) is 9.59 Å². The van der Waals surface area contributed by atoms with Gasteiger partial charge in [0.2, 0.25) is 22.1 Å². The van der Waals surface area contributed by atoms with Crippen molar-refractivity contribution >= 4 is 44.8 Å². The van der Waals surface area contributed by atoms with Crippen molar-refractivity contribution in [3.05, 3.63) is 69.7 Å². The third kappa shape index (κ3) is 6.26. The number of rotatable bonds is 8. The first-order valence-corrected chi connectivity index (χ1v) is 13.4. The summed E-state index contributed by atoms with van der Waals surface area (Å²) in [7, 11) is 0. The normalized spacial score (nSPS) is 19.4. The fourth-order valence-electron chi connectivity index (χ4n) is 4.42. The molecule has 35 heavy (non-hydrogen) atoms. The molecule has 3 aromatic rings. The van der Waals surface area contributed by atoms with Gasteiger partial charge in [-0.05, 0) is 43.2 Å². The summed E-state index contributed by atoms with van der Waals surface area (Å²) in [5, 5.41) is 25.8. The van der Waals surface area contributed by atoms with Crippen molar-refractivity contribution in [2.45, 2.75) is 56.8 Å². The third-order valence-electron chi connectivity index (χ3n) is 6.15. The standard InChI is InChI=1S/C25H26N6O2S2/c32-20(13-16-7-3-1-4-8-16)26-24-30-28-22(34-24)18-11-12-19(15-18)23-29-31-25(35-23)27-21(33)14-17-9-5-2-6-10-17/h1,3-5,7-10,18-19H,2,6,11-15H2,(H,26,30,32)(H,27,31,33). The number of hydrogen-bond acceptors (Lipinski definition) is 8. The van der Waals surface area contributed by atoms with E-state index >= 15 is 0 Å². The monoisotopic (exact) mass is 506 g/mol. The quantitative estimate of drug-likeness (QED) is 0.433. The fraction of sp³-hybridized carbons (Fsp3) is 0.360. The smallest absolute Gasteiger partial charge is 0.230 e. The van der Waals surface area contributed by atoms with Crippen LogP contribution in [-0.2, 0) is 16.0 Å². The molecular weight excluding hydrogens is 480 g/mol. The predicted molar refractivity (Wildman–Crippen MR) is 138 cm³/mol. The molecule has 0 bridgehead atoms. The summed E-state index contributed by atoms with van der Waals surface area (Å²) >= 11 is 2.89. The molecule has 2 amide bonds. The van der Waals surface area contributed by atoms with Crippen molar-refractivity contribution < 1.29 is 9.59 Å². The van der Waals surface area contributed by atoms with Crippen LogP contribution in [0.3, 0.4) is 0 Å². The van der Waals surface area contributed by atoms with E-state index in [2.05, 4.69) is 43.2 Å². The Bertz CT molecular complexity index is 1250. The Labute approximate surface area is 211 Å². The van der Waals surface area contributed by atoms with Crippen molar-refractivity contribution in [2.24, 2.45) is 0 Å². The highest BCUT2D eigenvalue weighted by Gasteiger charge is 2.32. The van der Waals surface area contributed by atoms with Gasteiger partial charge in [-0.1, -0.05) is 71.2 Å². The third-order valence-corrected chi connectivity index (χ3v) is 8.15. The molecule has 0 saturated heterocycles. The van der Waals surface area contributed by atoms with Crippen molar-refractivity contribution in [1.29, 1.82) is 0 Å². The Balaban J connectivity index is 1.12. The molecule has 1 saturated carbocycles. The Morgan fingerprint density at radius 3 is 2.06 bits per heavy atom. The molecule has 2 heterocycles. The van der Waals surface area contributed by atoms with Gasteiger partial charge < -0.3 is 10.6 Å². The van der Waals surface area contributed by atoms with E-state index in [0.29, 0.717) is 23.1 Å². The molecular formula is C25H26N6O2S2. The van der Waals surface area contributed by atoms with Crippen LogP contribution in [0.25, 0.3) is 0 Å². The number of allylic oxidation sites excluding steroid dienone is 3. The number of hydrogen-bond donors (Lipinski definition) is 2. The maximum atomic E-state index is 12.3. The largest absolute Gasteiger partial charge is 0.300 e. The summed E-state index contributed by atoms with van der Waals surface area (Å²) in [6.45, 7) is 0. The van der Waals surface area contributed by atoms with Gasteiger partial charge in [-0.2, -0.15) is 0 Å². The summed E-state index contributed by atoms with van der Waals surface area (Å²) in [4.78, 5) is 24.7. The van der Waals surface area contributed by atoms with Crippen LogP contribution >= 0.6 is 22.7 Å². The van der Waals surface area contributed by atoms with Crippen LogP contribution in [-0.4, -0.2) is 32.2 Å². The number of anilines is 2. The zero-order valence-electron chi connectivity index (χ0n) is 19.1. The first kappa shape index (κ1) is 23.5. The molecule has 0 aliphatic heterocycles. The summed E-state index contributed by atoms with van der Waals surface area (Å²) in [5.41, 5.74) is 2.01.